The van der Waals surface area contributed by atoms with Gasteiger partial charge in [0.2, 0.25) is 0 Å². The molecule has 2 aliphatic rings. The molecule has 1 amide bonds. The third-order valence-electron chi connectivity index (χ3n) is 3.11. The van der Waals surface area contributed by atoms with Gasteiger partial charge in [0.05, 0.1) is 0 Å². The Morgan fingerprint density at radius 1 is 1.38 bits per heavy atom. The fourth-order valence-corrected chi connectivity index (χ4v) is 2.57. The maximum absolute atomic E-state index is 10.3. The molecule has 3 N–H and O–H groups in total. The molecule has 4 nitrogen and oxygen atoms in total. The van der Waals surface area contributed by atoms with Crippen molar-refractivity contribution in [2.45, 2.75) is 37.8 Å². The summed E-state index contributed by atoms with van der Waals surface area (Å²) in [5.41, 5.74) is 0. The van der Waals surface area contributed by atoms with Crippen LogP contribution in [0.4, 0.5) is 4.79 Å². The van der Waals surface area contributed by atoms with Crippen LogP contribution in [0.15, 0.2) is 0 Å². The first kappa shape index (κ1) is 8.81. The Balaban J connectivity index is 1.78. The monoisotopic (exact) mass is 184 g/mol. The van der Waals surface area contributed by atoms with Crippen LogP contribution in [0.2, 0.25) is 0 Å². The Hall–Kier alpha value is -0.770. The average molecular weight is 184 g/mol. The zero-order valence-corrected chi connectivity index (χ0v) is 7.62. The fraction of sp³-hybridized carbons (Fsp3) is 0.889. The van der Waals surface area contributed by atoms with E-state index in [1.807, 2.05) is 0 Å². The van der Waals surface area contributed by atoms with Gasteiger partial charge in [0.1, 0.15) is 0 Å². The van der Waals surface area contributed by atoms with Crippen LogP contribution < -0.4 is 10.6 Å². The second kappa shape index (κ2) is 3.54. The molecule has 2 saturated heterocycles. The number of carbonyl (C=O) groups is 1. The van der Waals surface area contributed by atoms with Gasteiger partial charge in [-0.3, -0.25) is 0 Å². The normalized spacial score (nSPS) is 37.4. The molecule has 0 spiro atoms. The molecular formula is C9H16N2O2. The average Bonchev–Trinajstić information content (AvgIpc) is 2.42. The van der Waals surface area contributed by atoms with Gasteiger partial charge in [0.25, 0.3) is 0 Å². The third kappa shape index (κ3) is 2.12. The van der Waals surface area contributed by atoms with Gasteiger partial charge >= 0.3 is 6.09 Å². The lowest BCUT2D eigenvalue weighted by molar-refractivity contribution is 0.188. The van der Waals surface area contributed by atoms with Crippen molar-refractivity contribution < 1.29 is 9.90 Å². The summed E-state index contributed by atoms with van der Waals surface area (Å²) in [7, 11) is 0. The van der Waals surface area contributed by atoms with Crippen LogP contribution in [0, 0.1) is 5.92 Å². The molecular weight excluding hydrogens is 168 g/mol. The Bertz CT molecular complexity index is 196. The Labute approximate surface area is 77.7 Å². The van der Waals surface area contributed by atoms with Crippen molar-refractivity contribution in [1.29, 1.82) is 0 Å². The van der Waals surface area contributed by atoms with Crippen molar-refractivity contribution in [3.63, 3.8) is 0 Å². The topological polar surface area (TPSA) is 61.4 Å². The first-order valence-electron chi connectivity index (χ1n) is 4.97. The minimum absolute atomic E-state index is 0.551. The molecule has 2 bridgehead atoms. The van der Waals surface area contributed by atoms with E-state index in [1.165, 1.54) is 12.8 Å². The standard InChI is InChI=1S/C9H16N2O2/c12-9(13)10-5-6-3-7-1-2-8(4-6)11-7/h6-8,10-11H,1-5H2,(H,12,13)/t6-,7-,8+. The largest absolute Gasteiger partial charge is 0.465 e. The number of nitrogens with one attached hydrogen (secondary N) is 2. The van der Waals surface area contributed by atoms with E-state index < -0.39 is 6.09 Å². The van der Waals surface area contributed by atoms with Gasteiger partial charge in [-0.1, -0.05) is 0 Å². The van der Waals surface area contributed by atoms with E-state index in [1.54, 1.807) is 0 Å². The molecule has 0 radical (unpaired) electrons. The van der Waals surface area contributed by atoms with Gasteiger partial charge in [-0.25, -0.2) is 4.79 Å². The van der Waals surface area contributed by atoms with Crippen LogP contribution in [0.5, 0.6) is 0 Å². The van der Waals surface area contributed by atoms with Crippen molar-refractivity contribution in [2.75, 3.05) is 6.54 Å². The summed E-state index contributed by atoms with van der Waals surface area (Å²) in [6, 6.07) is 1.30. The van der Waals surface area contributed by atoms with Crippen molar-refractivity contribution in [1.82, 2.24) is 10.6 Å². The van der Waals surface area contributed by atoms with E-state index in [-0.39, 0.29) is 0 Å². The van der Waals surface area contributed by atoms with E-state index in [0.29, 0.717) is 24.5 Å². The molecule has 0 unspecified atom stereocenters. The van der Waals surface area contributed by atoms with E-state index in [9.17, 15) is 4.79 Å². The van der Waals surface area contributed by atoms with Crippen LogP contribution >= 0.6 is 0 Å². The molecule has 0 aromatic heterocycles. The van der Waals surface area contributed by atoms with Crippen LogP contribution in [-0.4, -0.2) is 29.8 Å². The van der Waals surface area contributed by atoms with Gasteiger partial charge in [-0.15, -0.1) is 0 Å². The third-order valence-corrected chi connectivity index (χ3v) is 3.11. The summed E-state index contributed by atoms with van der Waals surface area (Å²) < 4.78 is 0. The fourth-order valence-electron chi connectivity index (χ4n) is 2.57. The molecule has 74 valence electrons. The lowest BCUT2D eigenvalue weighted by Gasteiger charge is -2.28. The second-order valence-electron chi connectivity index (χ2n) is 4.16. The predicted molar refractivity (Wildman–Crippen MR) is 48.7 cm³/mol. The van der Waals surface area contributed by atoms with E-state index in [0.717, 1.165) is 12.8 Å². The summed E-state index contributed by atoms with van der Waals surface area (Å²) in [6.07, 6.45) is 3.92. The number of fused-ring (bicyclic) bond motifs is 2. The van der Waals surface area contributed by atoms with Crippen molar-refractivity contribution in [2.24, 2.45) is 5.92 Å². The first-order chi connectivity index (χ1) is 6.24. The molecule has 3 atom stereocenters. The zero-order valence-electron chi connectivity index (χ0n) is 7.62. The van der Waals surface area contributed by atoms with E-state index in [4.69, 9.17) is 5.11 Å². The SMILES string of the molecule is O=C(O)NC[C@@H]1C[C@H]2CC[C@@H](C1)N2. The highest BCUT2D eigenvalue weighted by Gasteiger charge is 2.33. The summed E-state index contributed by atoms with van der Waals surface area (Å²) in [6.45, 7) is 0.629. The minimum atomic E-state index is -0.897. The van der Waals surface area contributed by atoms with Gasteiger partial charge < -0.3 is 15.7 Å². The minimum Gasteiger partial charge on any atom is -0.465 e. The van der Waals surface area contributed by atoms with Crippen molar-refractivity contribution >= 4 is 6.09 Å². The number of amides is 1. The van der Waals surface area contributed by atoms with Crippen LogP contribution in [-0.2, 0) is 0 Å². The predicted octanol–water partition coefficient (Wildman–Crippen LogP) is 0.785. The molecule has 0 aromatic carbocycles. The maximum Gasteiger partial charge on any atom is 0.404 e. The molecule has 2 rings (SSSR count). The van der Waals surface area contributed by atoms with Gasteiger partial charge in [-0.2, -0.15) is 0 Å². The maximum atomic E-state index is 10.3. The number of hydrogen-bond acceptors (Lipinski definition) is 2. The van der Waals surface area contributed by atoms with E-state index >= 15 is 0 Å². The molecule has 0 aromatic rings. The highest BCUT2D eigenvalue weighted by Crippen LogP contribution is 2.30. The summed E-state index contributed by atoms with van der Waals surface area (Å²) in [5.74, 6) is 0.551. The lowest BCUT2D eigenvalue weighted by Crippen LogP contribution is -2.41. The molecule has 4 heteroatoms. The smallest absolute Gasteiger partial charge is 0.404 e. The number of hydrogen-bond donors (Lipinski definition) is 3. The summed E-state index contributed by atoms with van der Waals surface area (Å²) in [4.78, 5) is 10.3. The van der Waals surface area contributed by atoms with E-state index in [2.05, 4.69) is 10.6 Å². The Morgan fingerprint density at radius 2 is 2.00 bits per heavy atom. The van der Waals surface area contributed by atoms with Gasteiger partial charge in [0.15, 0.2) is 0 Å². The van der Waals surface area contributed by atoms with Crippen LogP contribution in [0.1, 0.15) is 25.7 Å². The summed E-state index contributed by atoms with van der Waals surface area (Å²) >= 11 is 0. The first-order valence-corrected chi connectivity index (χ1v) is 4.97. The lowest BCUT2D eigenvalue weighted by atomic mass is 9.92. The highest BCUT2D eigenvalue weighted by molar-refractivity contribution is 5.64. The summed E-state index contributed by atoms with van der Waals surface area (Å²) in [5, 5.41) is 14.5. The number of rotatable bonds is 2. The van der Waals surface area contributed by atoms with Crippen molar-refractivity contribution in [3.8, 4) is 0 Å². The van der Waals surface area contributed by atoms with Crippen molar-refractivity contribution in [3.05, 3.63) is 0 Å². The molecule has 2 fully saturated rings. The Kier molecular flexibility index (Phi) is 2.40. The van der Waals surface area contributed by atoms with Gasteiger partial charge in [0, 0.05) is 18.6 Å². The molecule has 2 heterocycles. The number of piperidine rings is 1. The number of carboxylic acid groups (broad SMARTS) is 1. The molecule has 0 aliphatic carbocycles. The van der Waals surface area contributed by atoms with Crippen LogP contribution in [0.3, 0.4) is 0 Å². The van der Waals surface area contributed by atoms with Crippen LogP contribution in [0.25, 0.3) is 0 Å². The second-order valence-corrected chi connectivity index (χ2v) is 4.16. The molecule has 0 saturated carbocycles. The zero-order chi connectivity index (χ0) is 9.26. The van der Waals surface area contributed by atoms with Gasteiger partial charge in [-0.05, 0) is 31.6 Å². The quantitative estimate of drug-likeness (QED) is 0.594. The molecule has 13 heavy (non-hydrogen) atoms. The highest BCUT2D eigenvalue weighted by atomic mass is 16.4. The Morgan fingerprint density at radius 3 is 2.54 bits per heavy atom. The molecule has 2 aliphatic heterocycles.